The number of hydrogen-bond donors (Lipinski definition) is 1. The van der Waals surface area contributed by atoms with Crippen LogP contribution in [-0.4, -0.2) is 50.1 Å². The highest BCUT2D eigenvalue weighted by atomic mass is 16.5. The van der Waals surface area contributed by atoms with Gasteiger partial charge in [-0.25, -0.2) is 0 Å². The molecule has 0 unspecified atom stereocenters. The zero-order chi connectivity index (χ0) is 17.2. The van der Waals surface area contributed by atoms with Gasteiger partial charge in [0.1, 0.15) is 5.75 Å². The Kier molecular flexibility index (Phi) is 4.80. The maximum Gasteiger partial charge on any atom is 0.260 e. The minimum absolute atomic E-state index is 0.113. The van der Waals surface area contributed by atoms with Crippen LogP contribution in [0.25, 0.3) is 0 Å². The molecule has 0 spiro atoms. The number of ether oxygens (including phenoxy) is 1. The summed E-state index contributed by atoms with van der Waals surface area (Å²) in [7, 11) is 0. The zero-order valence-electron chi connectivity index (χ0n) is 15.1. The standard InChI is InChI=1S/C21H28N2O2/c1-16-2-6-20(7-3-16)25-15-21(24)23-10-8-22(9-11-23)14-19-13-17-4-5-18(19)12-17/h2-7,17-19H,8-15H2,1H3/p+1/t17-,18-,19+/m0/s1. The molecule has 1 saturated carbocycles. The molecule has 4 nitrogen and oxygen atoms in total. The molecule has 0 radical (unpaired) electrons. The summed E-state index contributed by atoms with van der Waals surface area (Å²) in [6, 6.07) is 7.86. The van der Waals surface area contributed by atoms with E-state index in [1.807, 2.05) is 36.1 Å². The van der Waals surface area contributed by atoms with Gasteiger partial charge in [0.25, 0.3) is 5.91 Å². The molecule has 1 aromatic rings. The van der Waals surface area contributed by atoms with Gasteiger partial charge >= 0.3 is 0 Å². The second-order valence-electron chi connectivity index (χ2n) is 7.98. The van der Waals surface area contributed by atoms with Crippen LogP contribution in [0.2, 0.25) is 0 Å². The van der Waals surface area contributed by atoms with Crippen molar-refractivity contribution >= 4 is 5.91 Å². The van der Waals surface area contributed by atoms with Gasteiger partial charge < -0.3 is 14.5 Å². The van der Waals surface area contributed by atoms with Crippen LogP contribution in [0.15, 0.2) is 36.4 Å². The number of nitrogens with zero attached hydrogens (tertiary/aromatic N) is 1. The van der Waals surface area contributed by atoms with Crippen LogP contribution in [0.3, 0.4) is 0 Å². The fourth-order valence-corrected chi connectivity index (χ4v) is 4.65. The Hall–Kier alpha value is -1.81. The number of amides is 1. The molecule has 2 aliphatic carbocycles. The van der Waals surface area contributed by atoms with E-state index in [0.29, 0.717) is 0 Å². The van der Waals surface area contributed by atoms with E-state index in [4.69, 9.17) is 4.74 Å². The number of nitrogens with one attached hydrogen (secondary N) is 1. The third-order valence-corrected chi connectivity index (χ3v) is 6.17. The molecule has 1 amide bonds. The lowest BCUT2D eigenvalue weighted by molar-refractivity contribution is -0.907. The lowest BCUT2D eigenvalue weighted by Crippen LogP contribution is -3.15. The predicted octanol–water partition coefficient (Wildman–Crippen LogP) is 1.31. The van der Waals surface area contributed by atoms with Crippen molar-refractivity contribution in [1.82, 2.24) is 4.90 Å². The first-order valence-corrected chi connectivity index (χ1v) is 9.66. The number of fused-ring (bicyclic) bond motifs is 2. The highest BCUT2D eigenvalue weighted by Gasteiger charge is 2.38. The topological polar surface area (TPSA) is 34.0 Å². The van der Waals surface area contributed by atoms with Gasteiger partial charge in [-0.1, -0.05) is 29.8 Å². The molecule has 134 valence electrons. The van der Waals surface area contributed by atoms with Gasteiger partial charge in [0.2, 0.25) is 0 Å². The molecule has 0 aromatic heterocycles. The number of hydrogen-bond acceptors (Lipinski definition) is 2. The number of aryl methyl sites for hydroxylation is 1. The molecule has 4 heteroatoms. The number of piperazine rings is 1. The summed E-state index contributed by atoms with van der Waals surface area (Å²) in [5.41, 5.74) is 1.20. The number of carbonyl (C=O) groups excluding carboxylic acids is 1. The van der Waals surface area contributed by atoms with Crippen molar-refractivity contribution in [1.29, 1.82) is 0 Å². The van der Waals surface area contributed by atoms with E-state index in [2.05, 4.69) is 12.2 Å². The first kappa shape index (κ1) is 16.6. The summed E-state index contributed by atoms with van der Waals surface area (Å²) in [6.45, 7) is 7.36. The van der Waals surface area contributed by atoms with E-state index in [1.165, 1.54) is 24.9 Å². The van der Waals surface area contributed by atoms with Crippen LogP contribution in [-0.2, 0) is 4.79 Å². The molecule has 4 rings (SSSR count). The quantitative estimate of drug-likeness (QED) is 0.820. The molecular formula is C21H29N2O2+. The van der Waals surface area contributed by atoms with Crippen molar-refractivity contribution in [3.63, 3.8) is 0 Å². The third kappa shape index (κ3) is 3.90. The number of quaternary nitrogens is 1. The summed E-state index contributed by atoms with van der Waals surface area (Å²) < 4.78 is 5.64. The van der Waals surface area contributed by atoms with Gasteiger partial charge in [0, 0.05) is 5.92 Å². The van der Waals surface area contributed by atoms with E-state index in [1.54, 1.807) is 4.90 Å². The average molecular weight is 341 g/mol. The van der Waals surface area contributed by atoms with E-state index in [0.717, 1.165) is 49.7 Å². The summed E-state index contributed by atoms with van der Waals surface area (Å²) in [5, 5.41) is 0. The first-order valence-electron chi connectivity index (χ1n) is 9.66. The first-order chi connectivity index (χ1) is 12.2. The molecule has 1 heterocycles. The van der Waals surface area contributed by atoms with Gasteiger partial charge in [-0.3, -0.25) is 4.79 Å². The lowest BCUT2D eigenvalue weighted by Gasteiger charge is -2.34. The van der Waals surface area contributed by atoms with Crippen LogP contribution in [0.1, 0.15) is 18.4 Å². The Morgan fingerprint density at radius 3 is 2.56 bits per heavy atom. The number of carbonyl (C=O) groups is 1. The van der Waals surface area contributed by atoms with E-state index < -0.39 is 0 Å². The fraction of sp³-hybridized carbons (Fsp3) is 0.571. The van der Waals surface area contributed by atoms with Crippen molar-refractivity contribution in [2.75, 3.05) is 39.3 Å². The fourth-order valence-electron chi connectivity index (χ4n) is 4.65. The Morgan fingerprint density at radius 1 is 1.16 bits per heavy atom. The van der Waals surface area contributed by atoms with Crippen LogP contribution < -0.4 is 9.64 Å². The van der Waals surface area contributed by atoms with Crippen LogP contribution in [0.5, 0.6) is 5.75 Å². The maximum absolute atomic E-state index is 12.4. The smallest absolute Gasteiger partial charge is 0.260 e. The van der Waals surface area contributed by atoms with E-state index in [9.17, 15) is 4.79 Å². The van der Waals surface area contributed by atoms with Gasteiger partial charge in [0.05, 0.1) is 32.7 Å². The van der Waals surface area contributed by atoms with Crippen LogP contribution >= 0.6 is 0 Å². The third-order valence-electron chi connectivity index (χ3n) is 6.17. The highest BCUT2D eigenvalue weighted by Crippen LogP contribution is 2.42. The van der Waals surface area contributed by atoms with E-state index in [-0.39, 0.29) is 12.5 Å². The van der Waals surface area contributed by atoms with Gasteiger partial charge in [0.15, 0.2) is 6.61 Å². The van der Waals surface area contributed by atoms with Gasteiger partial charge in [-0.15, -0.1) is 0 Å². The van der Waals surface area contributed by atoms with Crippen molar-refractivity contribution in [3.8, 4) is 5.75 Å². The average Bonchev–Trinajstić information content (AvgIpc) is 3.25. The SMILES string of the molecule is Cc1ccc(OCC(=O)N2CC[NH+](C[C@H]3C[C@H]4C=C[C@H]3C4)CC2)cc1. The molecule has 2 fully saturated rings. The van der Waals surface area contributed by atoms with Crippen LogP contribution in [0.4, 0.5) is 0 Å². The molecular weight excluding hydrogens is 312 g/mol. The monoisotopic (exact) mass is 341 g/mol. The molecule has 1 N–H and O–H groups in total. The minimum atomic E-state index is 0.113. The second kappa shape index (κ2) is 7.20. The normalized spacial score (nSPS) is 28.5. The Balaban J connectivity index is 1.19. The van der Waals surface area contributed by atoms with Gasteiger partial charge in [-0.2, -0.15) is 0 Å². The number of allylic oxidation sites excluding steroid dienone is 2. The largest absolute Gasteiger partial charge is 0.484 e. The summed E-state index contributed by atoms with van der Waals surface area (Å²) in [4.78, 5) is 16.0. The van der Waals surface area contributed by atoms with Crippen molar-refractivity contribution < 1.29 is 14.4 Å². The summed E-state index contributed by atoms with van der Waals surface area (Å²) >= 11 is 0. The zero-order valence-corrected chi connectivity index (χ0v) is 15.1. The van der Waals surface area contributed by atoms with Crippen molar-refractivity contribution in [2.24, 2.45) is 17.8 Å². The molecule has 1 saturated heterocycles. The highest BCUT2D eigenvalue weighted by molar-refractivity contribution is 5.77. The van der Waals surface area contributed by atoms with E-state index >= 15 is 0 Å². The Bertz CT molecular complexity index is 632. The Labute approximate surface area is 150 Å². The summed E-state index contributed by atoms with van der Waals surface area (Å²) in [6.07, 6.45) is 7.64. The molecule has 3 aliphatic rings. The number of rotatable bonds is 5. The summed E-state index contributed by atoms with van der Waals surface area (Å²) in [5.74, 6) is 3.45. The molecule has 1 aliphatic heterocycles. The number of benzene rings is 1. The molecule has 1 aromatic carbocycles. The maximum atomic E-state index is 12.4. The van der Waals surface area contributed by atoms with Crippen LogP contribution in [0, 0.1) is 24.7 Å². The minimum Gasteiger partial charge on any atom is -0.484 e. The molecule has 2 bridgehead atoms. The Morgan fingerprint density at radius 2 is 1.92 bits per heavy atom. The van der Waals surface area contributed by atoms with Crippen molar-refractivity contribution in [2.45, 2.75) is 19.8 Å². The predicted molar refractivity (Wildman–Crippen MR) is 97.7 cm³/mol. The molecule has 25 heavy (non-hydrogen) atoms. The second-order valence-corrected chi connectivity index (χ2v) is 7.98. The van der Waals surface area contributed by atoms with Crippen molar-refractivity contribution in [3.05, 3.63) is 42.0 Å². The molecule has 3 atom stereocenters. The lowest BCUT2D eigenvalue weighted by atomic mass is 9.93. The van der Waals surface area contributed by atoms with Gasteiger partial charge in [-0.05, 0) is 43.7 Å².